The van der Waals surface area contributed by atoms with Crippen LogP contribution in [0.1, 0.15) is 18.1 Å². The first-order valence-corrected chi connectivity index (χ1v) is 8.65. The summed E-state index contributed by atoms with van der Waals surface area (Å²) in [7, 11) is 3.37. The van der Waals surface area contributed by atoms with Crippen molar-refractivity contribution in [2.45, 2.75) is 19.9 Å². The molecule has 2 rings (SSSR count). The number of hydrogen-bond donors (Lipinski definition) is 2. The van der Waals surface area contributed by atoms with E-state index in [1.807, 2.05) is 37.3 Å². The zero-order valence-electron chi connectivity index (χ0n) is 15.9. The van der Waals surface area contributed by atoms with Crippen LogP contribution in [0.25, 0.3) is 0 Å². The van der Waals surface area contributed by atoms with E-state index in [1.54, 1.807) is 20.2 Å². The average Bonchev–Trinajstić information content (AvgIpc) is 2.67. The van der Waals surface area contributed by atoms with E-state index in [-0.39, 0.29) is 35.5 Å². The number of para-hydroxylation sites is 1. The topological polar surface area (TPSA) is 54.9 Å². The van der Waals surface area contributed by atoms with Gasteiger partial charge in [0.05, 0.1) is 13.7 Å². The standard InChI is InChI=1S/C20H26FN3O2.HI/c1-4-26-19-10-9-15(13-17(19)21)14-24-20(22-2)23-12-11-16-7-5-6-8-18(16)25-3;/h5-10,13H,4,11-12,14H2,1-3H3,(H2,22,23,24);1H. The van der Waals surface area contributed by atoms with E-state index in [9.17, 15) is 4.39 Å². The van der Waals surface area contributed by atoms with E-state index in [0.717, 1.165) is 23.3 Å². The van der Waals surface area contributed by atoms with Crippen LogP contribution in [0.5, 0.6) is 11.5 Å². The summed E-state index contributed by atoms with van der Waals surface area (Å²) in [6, 6.07) is 12.9. The number of methoxy groups -OCH3 is 1. The molecule has 0 unspecified atom stereocenters. The van der Waals surface area contributed by atoms with Crippen molar-refractivity contribution in [1.29, 1.82) is 0 Å². The van der Waals surface area contributed by atoms with Crippen molar-refractivity contribution in [3.8, 4) is 11.5 Å². The molecule has 0 heterocycles. The monoisotopic (exact) mass is 487 g/mol. The van der Waals surface area contributed by atoms with Crippen molar-refractivity contribution >= 4 is 29.9 Å². The fourth-order valence-electron chi connectivity index (χ4n) is 2.56. The first-order valence-electron chi connectivity index (χ1n) is 8.65. The van der Waals surface area contributed by atoms with Crippen LogP contribution in [-0.2, 0) is 13.0 Å². The van der Waals surface area contributed by atoms with Gasteiger partial charge in [0.1, 0.15) is 5.75 Å². The van der Waals surface area contributed by atoms with Crippen LogP contribution in [-0.4, -0.2) is 33.3 Å². The molecule has 0 atom stereocenters. The lowest BCUT2D eigenvalue weighted by atomic mass is 10.1. The molecule has 2 N–H and O–H groups in total. The number of aliphatic imine (C=N–C) groups is 1. The highest BCUT2D eigenvalue weighted by atomic mass is 127. The lowest BCUT2D eigenvalue weighted by Crippen LogP contribution is -2.37. The third kappa shape index (κ3) is 7.24. The maximum Gasteiger partial charge on any atom is 0.191 e. The molecule has 0 amide bonds. The van der Waals surface area contributed by atoms with Gasteiger partial charge >= 0.3 is 0 Å². The molecule has 5 nitrogen and oxygen atoms in total. The first kappa shape index (κ1) is 23.0. The molecule has 2 aromatic carbocycles. The Hall–Kier alpha value is -2.03. The summed E-state index contributed by atoms with van der Waals surface area (Å²) < 4.78 is 24.5. The number of benzene rings is 2. The minimum atomic E-state index is -0.356. The minimum Gasteiger partial charge on any atom is -0.496 e. The van der Waals surface area contributed by atoms with Gasteiger partial charge in [-0.3, -0.25) is 4.99 Å². The molecule has 0 aliphatic heterocycles. The molecule has 27 heavy (non-hydrogen) atoms. The van der Waals surface area contributed by atoms with Gasteiger partial charge in [0.2, 0.25) is 0 Å². The molecule has 148 valence electrons. The zero-order valence-corrected chi connectivity index (χ0v) is 18.3. The number of rotatable bonds is 8. The van der Waals surface area contributed by atoms with Crippen molar-refractivity contribution in [3.05, 3.63) is 59.4 Å². The Labute approximate surface area is 177 Å². The largest absolute Gasteiger partial charge is 0.496 e. The van der Waals surface area contributed by atoms with E-state index in [0.29, 0.717) is 25.7 Å². The molecule has 0 radical (unpaired) electrons. The van der Waals surface area contributed by atoms with Gasteiger partial charge in [0, 0.05) is 20.1 Å². The maximum atomic E-state index is 13.9. The van der Waals surface area contributed by atoms with Gasteiger partial charge in [0.25, 0.3) is 0 Å². The summed E-state index contributed by atoms with van der Waals surface area (Å²) in [6.07, 6.45) is 0.808. The summed E-state index contributed by atoms with van der Waals surface area (Å²) in [5, 5.41) is 6.43. The highest BCUT2D eigenvalue weighted by Crippen LogP contribution is 2.18. The maximum absolute atomic E-state index is 13.9. The first-order chi connectivity index (χ1) is 12.7. The van der Waals surface area contributed by atoms with E-state index in [2.05, 4.69) is 15.6 Å². The molecule has 0 saturated heterocycles. The van der Waals surface area contributed by atoms with E-state index < -0.39 is 0 Å². The second kappa shape index (κ2) is 12.4. The Balaban J connectivity index is 0.00000364. The van der Waals surface area contributed by atoms with E-state index in [1.165, 1.54) is 6.07 Å². The predicted octanol–water partition coefficient (Wildman–Crippen LogP) is 3.76. The molecule has 0 spiro atoms. The third-order valence-corrected chi connectivity index (χ3v) is 3.86. The predicted molar refractivity (Wildman–Crippen MR) is 118 cm³/mol. The van der Waals surface area contributed by atoms with Crippen LogP contribution in [0.3, 0.4) is 0 Å². The summed E-state index contributed by atoms with van der Waals surface area (Å²) in [6.45, 7) is 3.45. The fraction of sp³-hybridized carbons (Fsp3) is 0.350. The number of nitrogens with zero attached hydrogens (tertiary/aromatic N) is 1. The second-order valence-corrected chi connectivity index (χ2v) is 5.61. The zero-order chi connectivity index (χ0) is 18.8. The summed E-state index contributed by atoms with van der Waals surface area (Å²) in [5.41, 5.74) is 1.95. The van der Waals surface area contributed by atoms with E-state index >= 15 is 0 Å². The van der Waals surface area contributed by atoms with Gasteiger partial charge in [-0.2, -0.15) is 0 Å². The van der Waals surface area contributed by atoms with Crippen molar-refractivity contribution in [2.75, 3.05) is 27.3 Å². The van der Waals surface area contributed by atoms with Gasteiger partial charge in [-0.15, -0.1) is 24.0 Å². The molecule has 0 saturated carbocycles. The van der Waals surface area contributed by atoms with Gasteiger partial charge in [-0.05, 0) is 42.7 Å². The second-order valence-electron chi connectivity index (χ2n) is 5.61. The molecular formula is C20H27FIN3O2. The van der Waals surface area contributed by atoms with Crippen molar-refractivity contribution in [1.82, 2.24) is 10.6 Å². The molecule has 7 heteroatoms. The Morgan fingerprint density at radius 2 is 1.89 bits per heavy atom. The highest BCUT2D eigenvalue weighted by molar-refractivity contribution is 14.0. The quantitative estimate of drug-likeness (QED) is 0.339. The number of halogens is 2. The van der Waals surface area contributed by atoms with Crippen molar-refractivity contribution in [2.24, 2.45) is 4.99 Å². The Kier molecular flexibility index (Phi) is 10.5. The number of guanidine groups is 1. The number of nitrogens with one attached hydrogen (secondary N) is 2. The van der Waals surface area contributed by atoms with Crippen LogP contribution in [0, 0.1) is 5.82 Å². The van der Waals surface area contributed by atoms with Crippen molar-refractivity contribution < 1.29 is 13.9 Å². The highest BCUT2D eigenvalue weighted by Gasteiger charge is 2.06. The van der Waals surface area contributed by atoms with Crippen LogP contribution < -0.4 is 20.1 Å². The lowest BCUT2D eigenvalue weighted by molar-refractivity contribution is 0.321. The molecule has 2 aromatic rings. The average molecular weight is 487 g/mol. The third-order valence-electron chi connectivity index (χ3n) is 3.86. The van der Waals surface area contributed by atoms with Crippen molar-refractivity contribution in [3.63, 3.8) is 0 Å². The molecule has 0 aliphatic carbocycles. The summed E-state index contributed by atoms with van der Waals surface area (Å²) in [5.74, 6) is 1.46. The van der Waals surface area contributed by atoms with Gasteiger partial charge in [0.15, 0.2) is 17.5 Å². The Bertz CT molecular complexity index is 741. The van der Waals surface area contributed by atoms with E-state index in [4.69, 9.17) is 9.47 Å². The SMILES string of the molecule is CCOc1ccc(CNC(=NC)NCCc2ccccc2OC)cc1F.I. The molecule has 0 aliphatic rings. The van der Waals surface area contributed by atoms with Gasteiger partial charge in [-0.25, -0.2) is 4.39 Å². The summed E-state index contributed by atoms with van der Waals surface area (Å²) >= 11 is 0. The van der Waals surface area contributed by atoms with Gasteiger partial charge < -0.3 is 20.1 Å². The lowest BCUT2D eigenvalue weighted by Gasteiger charge is -2.13. The van der Waals surface area contributed by atoms with Crippen LogP contribution in [0.4, 0.5) is 4.39 Å². The normalized spacial score (nSPS) is 10.7. The Morgan fingerprint density at radius 1 is 1.11 bits per heavy atom. The van der Waals surface area contributed by atoms with Crippen LogP contribution in [0.2, 0.25) is 0 Å². The number of hydrogen-bond acceptors (Lipinski definition) is 3. The molecular weight excluding hydrogens is 460 g/mol. The minimum absolute atomic E-state index is 0. The molecule has 0 fully saturated rings. The van der Waals surface area contributed by atoms with Gasteiger partial charge in [-0.1, -0.05) is 24.3 Å². The summed E-state index contributed by atoms with van der Waals surface area (Å²) in [4.78, 5) is 4.19. The smallest absolute Gasteiger partial charge is 0.191 e. The Morgan fingerprint density at radius 3 is 2.56 bits per heavy atom. The molecule has 0 aromatic heterocycles. The van der Waals surface area contributed by atoms with Crippen LogP contribution in [0.15, 0.2) is 47.5 Å². The fourth-order valence-corrected chi connectivity index (χ4v) is 2.56. The number of ether oxygens (including phenoxy) is 2. The molecule has 0 bridgehead atoms. The van der Waals surface area contributed by atoms with Crippen LogP contribution >= 0.6 is 24.0 Å².